The summed E-state index contributed by atoms with van der Waals surface area (Å²) in [6.07, 6.45) is 3.10. The van der Waals surface area contributed by atoms with Gasteiger partial charge in [-0.1, -0.05) is 11.6 Å². The summed E-state index contributed by atoms with van der Waals surface area (Å²) in [4.78, 5) is 8.24. The number of rotatable bonds is 2. The molecule has 4 nitrogen and oxygen atoms in total. The first-order valence-corrected chi connectivity index (χ1v) is 5.84. The lowest BCUT2D eigenvalue weighted by Crippen LogP contribution is -1.95. The molecule has 6 heteroatoms. The second kappa shape index (κ2) is 5.04. The van der Waals surface area contributed by atoms with Crippen LogP contribution in [0.5, 0.6) is 0 Å². The van der Waals surface area contributed by atoms with Crippen molar-refractivity contribution in [2.75, 3.05) is 5.73 Å². The zero-order valence-electron chi connectivity index (χ0n) is 8.59. The summed E-state index contributed by atoms with van der Waals surface area (Å²) in [6, 6.07) is 7.10. The highest BCUT2D eigenvalue weighted by atomic mass is 35.5. The summed E-state index contributed by atoms with van der Waals surface area (Å²) in [6.45, 7) is 0. The summed E-state index contributed by atoms with van der Waals surface area (Å²) in [5.41, 5.74) is 6.60. The molecule has 0 atom stereocenters. The van der Waals surface area contributed by atoms with Gasteiger partial charge in [0.1, 0.15) is 16.1 Å². The van der Waals surface area contributed by atoms with Gasteiger partial charge in [0, 0.05) is 12.4 Å². The minimum atomic E-state index is 0.372. The predicted octanol–water partition coefficient (Wildman–Crippen LogP) is 2.74. The van der Waals surface area contributed by atoms with Crippen LogP contribution in [0.3, 0.4) is 0 Å². The molecule has 2 aromatic rings. The largest absolute Gasteiger partial charge is 0.395 e. The maximum Gasteiger partial charge on any atom is 0.127 e. The van der Waals surface area contributed by atoms with Crippen molar-refractivity contribution in [2.45, 2.75) is 10.1 Å². The summed E-state index contributed by atoms with van der Waals surface area (Å²) < 4.78 is 0. The van der Waals surface area contributed by atoms with Crippen LogP contribution < -0.4 is 5.73 Å². The molecule has 2 aromatic heterocycles. The second-order valence-corrected chi connectivity index (χ2v) is 4.55. The maximum absolute atomic E-state index is 8.85. The normalized spacial score (nSPS) is 9.88. The van der Waals surface area contributed by atoms with Gasteiger partial charge in [0.15, 0.2) is 0 Å². The predicted molar refractivity (Wildman–Crippen MR) is 66.7 cm³/mol. The van der Waals surface area contributed by atoms with Crippen molar-refractivity contribution in [3.05, 3.63) is 41.2 Å². The van der Waals surface area contributed by atoms with Crippen LogP contribution in [0.2, 0.25) is 5.02 Å². The fraction of sp³-hybridized carbons (Fsp3) is 0. The molecule has 0 amide bonds. The minimum absolute atomic E-state index is 0.372. The van der Waals surface area contributed by atoms with Crippen LogP contribution in [0.15, 0.2) is 40.6 Å². The van der Waals surface area contributed by atoms with E-state index in [-0.39, 0.29) is 0 Å². The van der Waals surface area contributed by atoms with E-state index in [9.17, 15) is 0 Å². The number of anilines is 1. The Labute approximate surface area is 107 Å². The first-order valence-electron chi connectivity index (χ1n) is 4.64. The van der Waals surface area contributed by atoms with Gasteiger partial charge in [-0.25, -0.2) is 9.97 Å². The van der Waals surface area contributed by atoms with Crippen molar-refractivity contribution < 1.29 is 0 Å². The zero-order valence-corrected chi connectivity index (χ0v) is 10.2. The molecule has 2 rings (SSSR count). The lowest BCUT2D eigenvalue weighted by atomic mass is 10.2. The van der Waals surface area contributed by atoms with Crippen LogP contribution in [0, 0.1) is 11.3 Å². The Bertz CT molecular complexity index is 577. The molecule has 0 aliphatic rings. The quantitative estimate of drug-likeness (QED) is 0.901. The average Bonchev–Trinajstić information content (AvgIpc) is 2.35. The van der Waals surface area contributed by atoms with E-state index in [1.54, 1.807) is 30.6 Å². The van der Waals surface area contributed by atoms with Crippen molar-refractivity contribution in [1.29, 1.82) is 5.26 Å². The molecule has 0 fully saturated rings. The van der Waals surface area contributed by atoms with Gasteiger partial charge in [0.05, 0.1) is 16.3 Å². The van der Waals surface area contributed by atoms with Gasteiger partial charge in [0.25, 0.3) is 0 Å². The van der Waals surface area contributed by atoms with Crippen molar-refractivity contribution in [1.82, 2.24) is 9.97 Å². The van der Waals surface area contributed by atoms with Crippen molar-refractivity contribution in [3.8, 4) is 6.07 Å². The number of pyridine rings is 2. The van der Waals surface area contributed by atoms with Gasteiger partial charge in [-0.05, 0) is 30.0 Å². The lowest BCUT2D eigenvalue weighted by molar-refractivity contribution is 1.09. The molecule has 0 aliphatic carbocycles. The van der Waals surface area contributed by atoms with Crippen LogP contribution in [0.25, 0.3) is 0 Å². The highest BCUT2D eigenvalue weighted by Crippen LogP contribution is 2.30. The Balaban J connectivity index is 2.31. The monoisotopic (exact) mass is 262 g/mol. The van der Waals surface area contributed by atoms with Crippen LogP contribution >= 0.6 is 23.4 Å². The van der Waals surface area contributed by atoms with E-state index in [1.807, 2.05) is 6.07 Å². The van der Waals surface area contributed by atoms with Gasteiger partial charge in [-0.3, -0.25) is 0 Å². The van der Waals surface area contributed by atoms with Gasteiger partial charge >= 0.3 is 0 Å². The average molecular weight is 263 g/mol. The number of aromatic nitrogens is 2. The number of halogens is 1. The highest BCUT2D eigenvalue weighted by molar-refractivity contribution is 7.99. The summed E-state index contributed by atoms with van der Waals surface area (Å²) >= 11 is 7.03. The standard InChI is InChI=1S/C11H7ClN4S/c12-8-1-2-9(16-6-8)17-11-10(14)7(5-13)3-4-15-11/h1-4,6H,14H2. The molecular weight excluding hydrogens is 256 g/mol. The maximum atomic E-state index is 8.85. The summed E-state index contributed by atoms with van der Waals surface area (Å²) in [7, 11) is 0. The molecule has 0 aliphatic heterocycles. The lowest BCUT2D eigenvalue weighted by Gasteiger charge is -2.04. The van der Waals surface area contributed by atoms with E-state index < -0.39 is 0 Å². The molecule has 2 N–H and O–H groups in total. The molecule has 17 heavy (non-hydrogen) atoms. The molecule has 0 bridgehead atoms. The summed E-state index contributed by atoms with van der Waals surface area (Å²) in [5.74, 6) is 0. The third kappa shape index (κ3) is 2.67. The van der Waals surface area contributed by atoms with E-state index in [1.165, 1.54) is 11.8 Å². The summed E-state index contributed by atoms with van der Waals surface area (Å²) in [5, 5.41) is 10.7. The highest BCUT2D eigenvalue weighted by Gasteiger charge is 2.08. The van der Waals surface area contributed by atoms with Crippen LogP contribution in [0.4, 0.5) is 5.69 Å². The minimum Gasteiger partial charge on any atom is -0.395 e. The zero-order chi connectivity index (χ0) is 12.3. The number of nitrogens with zero attached hydrogens (tertiary/aromatic N) is 3. The fourth-order valence-corrected chi connectivity index (χ4v) is 2.04. The molecule has 84 valence electrons. The van der Waals surface area contributed by atoms with Crippen LogP contribution in [-0.4, -0.2) is 9.97 Å². The SMILES string of the molecule is N#Cc1ccnc(Sc2ccc(Cl)cn2)c1N. The van der Waals surface area contributed by atoms with E-state index in [4.69, 9.17) is 22.6 Å². The Hall–Kier alpha value is -1.77. The van der Waals surface area contributed by atoms with Gasteiger partial charge in [-0.15, -0.1) is 0 Å². The number of nitriles is 1. The van der Waals surface area contributed by atoms with E-state index in [2.05, 4.69) is 9.97 Å². The third-order valence-electron chi connectivity index (χ3n) is 1.98. The Kier molecular flexibility index (Phi) is 3.47. The van der Waals surface area contributed by atoms with Crippen molar-refractivity contribution in [2.24, 2.45) is 0 Å². The first-order chi connectivity index (χ1) is 8.20. The number of nitrogens with two attached hydrogens (primary N) is 1. The molecule has 0 saturated carbocycles. The first kappa shape index (κ1) is 11.7. The molecule has 0 spiro atoms. The van der Waals surface area contributed by atoms with Crippen molar-refractivity contribution in [3.63, 3.8) is 0 Å². The Morgan fingerprint density at radius 2 is 2.12 bits per heavy atom. The van der Waals surface area contributed by atoms with Gasteiger partial charge in [-0.2, -0.15) is 5.26 Å². The Morgan fingerprint density at radius 3 is 2.76 bits per heavy atom. The van der Waals surface area contributed by atoms with E-state index in [0.29, 0.717) is 21.3 Å². The smallest absolute Gasteiger partial charge is 0.127 e. The fourth-order valence-electron chi connectivity index (χ4n) is 1.15. The van der Waals surface area contributed by atoms with Crippen LogP contribution in [0.1, 0.15) is 5.56 Å². The molecular formula is C11H7ClN4S. The molecule has 0 saturated heterocycles. The van der Waals surface area contributed by atoms with Crippen molar-refractivity contribution >= 4 is 29.1 Å². The number of nitrogen functional groups attached to an aromatic ring is 1. The van der Waals surface area contributed by atoms with Gasteiger partial charge < -0.3 is 5.73 Å². The van der Waals surface area contributed by atoms with E-state index >= 15 is 0 Å². The molecule has 0 unspecified atom stereocenters. The number of hydrogen-bond acceptors (Lipinski definition) is 5. The second-order valence-electron chi connectivity index (χ2n) is 3.11. The topological polar surface area (TPSA) is 75.6 Å². The number of hydrogen-bond donors (Lipinski definition) is 1. The van der Waals surface area contributed by atoms with Gasteiger partial charge in [0.2, 0.25) is 0 Å². The third-order valence-corrected chi connectivity index (χ3v) is 3.17. The molecule has 2 heterocycles. The Morgan fingerprint density at radius 1 is 1.29 bits per heavy atom. The molecule has 0 aromatic carbocycles. The van der Waals surface area contributed by atoms with Crippen LogP contribution in [-0.2, 0) is 0 Å². The van der Waals surface area contributed by atoms with E-state index in [0.717, 1.165) is 5.03 Å². The molecule has 0 radical (unpaired) electrons.